The first-order valence-corrected chi connectivity index (χ1v) is 6.72. The van der Waals surface area contributed by atoms with Crippen LogP contribution in [0.2, 0.25) is 0 Å². The third-order valence-electron chi connectivity index (χ3n) is 3.79. The second kappa shape index (κ2) is 4.54. The Labute approximate surface area is 115 Å². The topological polar surface area (TPSA) is 45.0 Å². The molecule has 1 aromatic rings. The molecule has 0 saturated carbocycles. The van der Waals surface area contributed by atoms with Gasteiger partial charge in [0.25, 0.3) is 0 Å². The Hall–Kier alpha value is -1.53. The molecule has 1 aliphatic heterocycles. The van der Waals surface area contributed by atoms with Crippen molar-refractivity contribution in [3.8, 4) is 6.07 Å². The van der Waals surface area contributed by atoms with E-state index in [1.807, 2.05) is 25.1 Å². The van der Waals surface area contributed by atoms with E-state index in [-0.39, 0.29) is 17.2 Å². The number of rotatable bonds is 2. The van der Waals surface area contributed by atoms with Gasteiger partial charge in [-0.25, -0.2) is 0 Å². The Morgan fingerprint density at radius 3 is 2.53 bits per heavy atom. The van der Waals surface area contributed by atoms with Gasteiger partial charge in [-0.1, -0.05) is 12.1 Å². The predicted molar refractivity (Wildman–Crippen MR) is 77.2 cm³/mol. The van der Waals surface area contributed by atoms with E-state index in [2.05, 4.69) is 39.1 Å². The molecule has 0 radical (unpaired) electrons. The Bertz CT molecular complexity index is 526. The van der Waals surface area contributed by atoms with Gasteiger partial charge in [0.15, 0.2) is 0 Å². The number of nitrogens with zero attached hydrogens (tertiary/aromatic N) is 1. The van der Waals surface area contributed by atoms with Gasteiger partial charge in [0, 0.05) is 0 Å². The van der Waals surface area contributed by atoms with Gasteiger partial charge in [-0.2, -0.15) is 5.26 Å². The highest BCUT2D eigenvalue weighted by Gasteiger charge is 2.45. The standard InChI is InChI=1S/C16H22N2O/c1-11-7-6-8-13(12(11)10-17)18-14-9-15(2,3)19-16(14,4)5/h6-8,14,18H,9H2,1-5H3. The number of ether oxygens (including phenoxy) is 1. The van der Waals surface area contributed by atoms with Crippen LogP contribution < -0.4 is 5.32 Å². The van der Waals surface area contributed by atoms with Crippen LogP contribution in [0.25, 0.3) is 0 Å². The number of nitrogens with one attached hydrogen (secondary N) is 1. The zero-order chi connectivity index (χ0) is 14.3. The Morgan fingerprint density at radius 2 is 2.00 bits per heavy atom. The molecule has 1 fully saturated rings. The highest BCUT2D eigenvalue weighted by molar-refractivity contribution is 5.61. The van der Waals surface area contributed by atoms with Gasteiger partial charge in [0.1, 0.15) is 6.07 Å². The molecule has 2 rings (SSSR count). The van der Waals surface area contributed by atoms with Crippen LogP contribution in [-0.4, -0.2) is 17.2 Å². The SMILES string of the molecule is Cc1cccc(NC2CC(C)(C)OC2(C)C)c1C#N. The molecule has 0 spiro atoms. The van der Waals surface area contributed by atoms with Crippen molar-refractivity contribution in [2.24, 2.45) is 0 Å². The normalized spacial score (nSPS) is 23.9. The third-order valence-corrected chi connectivity index (χ3v) is 3.79. The maximum atomic E-state index is 9.28. The number of benzene rings is 1. The van der Waals surface area contributed by atoms with E-state index >= 15 is 0 Å². The molecule has 1 heterocycles. The van der Waals surface area contributed by atoms with Crippen molar-refractivity contribution in [3.05, 3.63) is 29.3 Å². The second-order valence-electron chi connectivity index (χ2n) is 6.48. The van der Waals surface area contributed by atoms with Gasteiger partial charge in [0.05, 0.1) is 28.5 Å². The van der Waals surface area contributed by atoms with Crippen LogP contribution in [0.5, 0.6) is 0 Å². The van der Waals surface area contributed by atoms with E-state index in [9.17, 15) is 5.26 Å². The van der Waals surface area contributed by atoms with E-state index < -0.39 is 0 Å². The van der Waals surface area contributed by atoms with Crippen molar-refractivity contribution < 1.29 is 4.74 Å². The first kappa shape index (κ1) is 13.9. The molecule has 19 heavy (non-hydrogen) atoms. The summed E-state index contributed by atoms with van der Waals surface area (Å²) < 4.78 is 6.08. The van der Waals surface area contributed by atoms with Crippen LogP contribution in [-0.2, 0) is 4.74 Å². The van der Waals surface area contributed by atoms with E-state index in [0.717, 1.165) is 23.2 Å². The molecule has 1 aliphatic rings. The third kappa shape index (κ3) is 2.74. The number of nitriles is 1. The minimum atomic E-state index is -0.236. The van der Waals surface area contributed by atoms with Crippen LogP contribution >= 0.6 is 0 Å². The zero-order valence-corrected chi connectivity index (χ0v) is 12.4. The first-order valence-electron chi connectivity index (χ1n) is 6.72. The summed E-state index contributed by atoms with van der Waals surface area (Å²) in [5, 5.41) is 12.8. The number of hydrogen-bond donors (Lipinski definition) is 1. The average molecular weight is 258 g/mol. The van der Waals surface area contributed by atoms with Crippen LogP contribution in [0.3, 0.4) is 0 Å². The Balaban J connectivity index is 2.28. The van der Waals surface area contributed by atoms with Crippen molar-refractivity contribution in [1.82, 2.24) is 0 Å². The van der Waals surface area contributed by atoms with Gasteiger partial charge >= 0.3 is 0 Å². The largest absolute Gasteiger partial charge is 0.378 e. The van der Waals surface area contributed by atoms with E-state index in [1.54, 1.807) is 0 Å². The highest BCUT2D eigenvalue weighted by Crippen LogP contribution is 2.39. The van der Waals surface area contributed by atoms with E-state index in [4.69, 9.17) is 4.74 Å². The summed E-state index contributed by atoms with van der Waals surface area (Å²) >= 11 is 0. The van der Waals surface area contributed by atoms with E-state index in [0.29, 0.717) is 0 Å². The van der Waals surface area contributed by atoms with Gasteiger partial charge in [-0.15, -0.1) is 0 Å². The quantitative estimate of drug-likeness (QED) is 0.881. The lowest BCUT2D eigenvalue weighted by Crippen LogP contribution is -2.38. The van der Waals surface area contributed by atoms with Crippen molar-refractivity contribution in [2.75, 3.05) is 5.32 Å². The van der Waals surface area contributed by atoms with Gasteiger partial charge in [-0.3, -0.25) is 0 Å². The fourth-order valence-corrected chi connectivity index (χ4v) is 2.91. The summed E-state index contributed by atoms with van der Waals surface area (Å²) in [5.41, 5.74) is 2.27. The van der Waals surface area contributed by atoms with Gasteiger partial charge in [0.2, 0.25) is 0 Å². The molecule has 102 valence electrons. The molecule has 1 atom stereocenters. The molecule has 0 amide bonds. The lowest BCUT2D eigenvalue weighted by Gasteiger charge is -2.28. The summed E-state index contributed by atoms with van der Waals surface area (Å²) in [7, 11) is 0. The number of anilines is 1. The lowest BCUT2D eigenvalue weighted by atomic mass is 9.93. The summed E-state index contributed by atoms with van der Waals surface area (Å²) in [6.45, 7) is 10.4. The molecule has 3 nitrogen and oxygen atoms in total. The van der Waals surface area contributed by atoms with E-state index in [1.165, 1.54) is 0 Å². The van der Waals surface area contributed by atoms with Crippen LogP contribution in [0.4, 0.5) is 5.69 Å². The summed E-state index contributed by atoms with van der Waals surface area (Å²) in [6.07, 6.45) is 0.929. The second-order valence-corrected chi connectivity index (χ2v) is 6.48. The summed E-state index contributed by atoms with van der Waals surface area (Å²) in [6, 6.07) is 8.39. The molecule has 1 N–H and O–H groups in total. The molecule has 0 bridgehead atoms. The van der Waals surface area contributed by atoms with Gasteiger partial charge < -0.3 is 10.1 Å². The summed E-state index contributed by atoms with van der Waals surface area (Å²) in [4.78, 5) is 0. The Kier molecular flexibility index (Phi) is 3.32. The smallest absolute Gasteiger partial charge is 0.102 e. The molecule has 0 aliphatic carbocycles. The fraction of sp³-hybridized carbons (Fsp3) is 0.562. The minimum Gasteiger partial charge on any atom is -0.378 e. The van der Waals surface area contributed by atoms with Crippen molar-refractivity contribution >= 4 is 5.69 Å². The number of aryl methyl sites for hydroxylation is 1. The molecule has 0 aromatic heterocycles. The average Bonchev–Trinajstić information content (AvgIpc) is 2.47. The van der Waals surface area contributed by atoms with Gasteiger partial charge in [-0.05, 0) is 52.7 Å². The lowest BCUT2D eigenvalue weighted by molar-refractivity contribution is -0.0662. The van der Waals surface area contributed by atoms with Crippen molar-refractivity contribution in [2.45, 2.75) is 58.3 Å². The highest BCUT2D eigenvalue weighted by atomic mass is 16.5. The molecule has 3 heteroatoms. The van der Waals surface area contributed by atoms with Crippen molar-refractivity contribution in [1.29, 1.82) is 5.26 Å². The fourth-order valence-electron chi connectivity index (χ4n) is 2.91. The minimum absolute atomic E-state index is 0.127. The molecule has 1 saturated heterocycles. The molecular formula is C16H22N2O. The monoisotopic (exact) mass is 258 g/mol. The molecule has 1 unspecified atom stereocenters. The van der Waals surface area contributed by atoms with Crippen LogP contribution in [0.1, 0.15) is 45.2 Å². The number of hydrogen-bond acceptors (Lipinski definition) is 3. The first-order chi connectivity index (χ1) is 8.75. The predicted octanol–water partition coefficient (Wildman–Crippen LogP) is 3.62. The zero-order valence-electron chi connectivity index (χ0n) is 12.4. The maximum absolute atomic E-state index is 9.28. The van der Waals surface area contributed by atoms with Crippen LogP contribution in [0.15, 0.2) is 18.2 Å². The Morgan fingerprint density at radius 1 is 1.32 bits per heavy atom. The maximum Gasteiger partial charge on any atom is 0.102 e. The van der Waals surface area contributed by atoms with Crippen molar-refractivity contribution in [3.63, 3.8) is 0 Å². The summed E-state index contributed by atoms with van der Waals surface area (Å²) in [5.74, 6) is 0. The molecule has 1 aromatic carbocycles. The van der Waals surface area contributed by atoms with Crippen LogP contribution in [0, 0.1) is 18.3 Å². The molecular weight excluding hydrogens is 236 g/mol.